The van der Waals surface area contributed by atoms with Gasteiger partial charge < -0.3 is 10.6 Å². The van der Waals surface area contributed by atoms with Gasteiger partial charge in [-0.3, -0.25) is 4.79 Å². The van der Waals surface area contributed by atoms with Crippen molar-refractivity contribution in [3.05, 3.63) is 0 Å². The lowest BCUT2D eigenvalue weighted by molar-refractivity contribution is -0.135. The molecule has 1 aliphatic carbocycles. The van der Waals surface area contributed by atoms with Gasteiger partial charge >= 0.3 is 0 Å². The Labute approximate surface area is 104 Å². The summed E-state index contributed by atoms with van der Waals surface area (Å²) in [5.41, 5.74) is 5.20. The molecule has 0 aromatic rings. The van der Waals surface area contributed by atoms with Crippen LogP contribution < -0.4 is 5.73 Å². The molecule has 0 aliphatic heterocycles. The Kier molecular flexibility index (Phi) is 4.95. The molecule has 1 rings (SSSR count). The molecular weight excluding hydrogens is 214 g/mol. The van der Waals surface area contributed by atoms with Crippen molar-refractivity contribution in [1.29, 1.82) is 5.26 Å². The Morgan fingerprint density at radius 2 is 2.12 bits per heavy atom. The van der Waals surface area contributed by atoms with Gasteiger partial charge in [0.15, 0.2) is 0 Å². The molecule has 0 heterocycles. The fourth-order valence-corrected chi connectivity index (χ4v) is 2.31. The minimum absolute atomic E-state index is 0.0712. The molecule has 2 N–H and O–H groups in total. The number of rotatable bonds is 4. The molecule has 0 aromatic carbocycles. The first kappa shape index (κ1) is 14.0. The van der Waals surface area contributed by atoms with E-state index in [0.717, 1.165) is 32.2 Å². The lowest BCUT2D eigenvalue weighted by Gasteiger charge is -2.33. The van der Waals surface area contributed by atoms with Gasteiger partial charge in [-0.1, -0.05) is 13.3 Å². The maximum absolute atomic E-state index is 12.1. The number of nitrogens with zero attached hydrogens (tertiary/aromatic N) is 2. The van der Waals surface area contributed by atoms with E-state index in [0.29, 0.717) is 12.8 Å². The highest BCUT2D eigenvalue weighted by Crippen LogP contribution is 2.30. The Morgan fingerprint density at radius 1 is 1.53 bits per heavy atom. The summed E-state index contributed by atoms with van der Waals surface area (Å²) in [5, 5.41) is 8.93. The molecule has 4 nitrogen and oxygen atoms in total. The minimum atomic E-state index is -0.696. The molecule has 1 aliphatic rings. The van der Waals surface area contributed by atoms with Gasteiger partial charge in [0.05, 0.1) is 6.07 Å². The van der Waals surface area contributed by atoms with Crippen LogP contribution in [0.4, 0.5) is 0 Å². The summed E-state index contributed by atoms with van der Waals surface area (Å²) in [7, 11) is 1.87. The van der Waals surface area contributed by atoms with Gasteiger partial charge in [0.2, 0.25) is 5.91 Å². The molecule has 96 valence electrons. The Balaban J connectivity index is 2.43. The molecule has 0 bridgehead atoms. The topological polar surface area (TPSA) is 70.1 Å². The van der Waals surface area contributed by atoms with E-state index >= 15 is 0 Å². The van der Waals surface area contributed by atoms with Gasteiger partial charge in [0.25, 0.3) is 0 Å². The van der Waals surface area contributed by atoms with Crippen molar-refractivity contribution in [3.8, 4) is 6.07 Å². The van der Waals surface area contributed by atoms with E-state index in [1.54, 1.807) is 0 Å². The van der Waals surface area contributed by atoms with E-state index < -0.39 is 5.54 Å². The Bertz CT molecular complexity index is 300. The molecule has 4 heteroatoms. The third-order valence-electron chi connectivity index (χ3n) is 3.67. The largest absolute Gasteiger partial charge is 0.346 e. The zero-order chi connectivity index (χ0) is 12.9. The van der Waals surface area contributed by atoms with Gasteiger partial charge in [-0.15, -0.1) is 0 Å². The normalized spacial score (nSPS) is 28.5. The highest BCUT2D eigenvalue weighted by Gasteiger charge is 2.35. The Hall–Kier alpha value is -1.08. The fraction of sp³-hybridized carbons (Fsp3) is 0.846. The Morgan fingerprint density at radius 3 is 2.59 bits per heavy atom. The second-order valence-corrected chi connectivity index (χ2v) is 5.16. The van der Waals surface area contributed by atoms with Crippen LogP contribution in [-0.4, -0.2) is 29.9 Å². The zero-order valence-corrected chi connectivity index (χ0v) is 10.9. The van der Waals surface area contributed by atoms with Gasteiger partial charge in [-0.2, -0.15) is 5.26 Å². The average molecular weight is 237 g/mol. The summed E-state index contributed by atoms with van der Waals surface area (Å²) in [6.07, 6.45) is 4.93. The number of carbonyl (C=O) groups is 1. The van der Waals surface area contributed by atoms with Gasteiger partial charge in [-0.25, -0.2) is 0 Å². The number of hydrogen-bond acceptors (Lipinski definition) is 3. The van der Waals surface area contributed by atoms with E-state index in [-0.39, 0.29) is 11.8 Å². The number of amides is 1. The smallest absolute Gasteiger partial charge is 0.225 e. The van der Waals surface area contributed by atoms with Crippen LogP contribution in [0.15, 0.2) is 0 Å². The van der Waals surface area contributed by atoms with Crippen molar-refractivity contribution in [2.75, 3.05) is 13.6 Å². The highest BCUT2D eigenvalue weighted by molar-refractivity contribution is 5.78. The molecule has 0 unspecified atom stereocenters. The molecule has 0 spiro atoms. The first-order chi connectivity index (χ1) is 8.02. The summed E-state index contributed by atoms with van der Waals surface area (Å²) in [6, 6.07) is 2.16. The van der Waals surface area contributed by atoms with E-state index in [2.05, 4.69) is 13.0 Å². The number of nitrogens with two attached hydrogens (primary N) is 1. The quantitative estimate of drug-likeness (QED) is 0.808. The number of hydrogen-bond donors (Lipinski definition) is 1. The molecule has 1 fully saturated rings. The SMILES string of the molecule is CCCCN(C)C(=O)C1CCC(N)(C#N)CC1. The van der Waals surface area contributed by atoms with Crippen LogP contribution in [0.25, 0.3) is 0 Å². The molecule has 1 saturated carbocycles. The van der Waals surface area contributed by atoms with Crippen LogP contribution in [-0.2, 0) is 4.79 Å². The molecule has 0 aromatic heterocycles. The molecular formula is C13H23N3O. The van der Waals surface area contributed by atoms with Crippen molar-refractivity contribution >= 4 is 5.91 Å². The monoisotopic (exact) mass is 237 g/mol. The van der Waals surface area contributed by atoms with Crippen molar-refractivity contribution in [2.45, 2.75) is 51.0 Å². The first-order valence-corrected chi connectivity index (χ1v) is 6.47. The van der Waals surface area contributed by atoms with Gasteiger partial charge in [0.1, 0.15) is 5.54 Å². The molecule has 17 heavy (non-hydrogen) atoms. The van der Waals surface area contributed by atoms with Crippen LogP contribution in [0.3, 0.4) is 0 Å². The second kappa shape index (κ2) is 6.02. The summed E-state index contributed by atoms with van der Waals surface area (Å²) in [4.78, 5) is 13.9. The average Bonchev–Trinajstić information content (AvgIpc) is 2.36. The van der Waals surface area contributed by atoms with Crippen molar-refractivity contribution < 1.29 is 4.79 Å². The molecule has 0 atom stereocenters. The maximum Gasteiger partial charge on any atom is 0.225 e. The summed E-state index contributed by atoms with van der Waals surface area (Å²) >= 11 is 0. The van der Waals surface area contributed by atoms with E-state index in [9.17, 15) is 4.79 Å². The summed E-state index contributed by atoms with van der Waals surface area (Å²) < 4.78 is 0. The van der Waals surface area contributed by atoms with Crippen molar-refractivity contribution in [1.82, 2.24) is 4.90 Å². The van der Waals surface area contributed by atoms with E-state index in [1.807, 2.05) is 11.9 Å². The third kappa shape index (κ3) is 3.71. The van der Waals surface area contributed by atoms with Gasteiger partial charge in [0, 0.05) is 19.5 Å². The summed E-state index contributed by atoms with van der Waals surface area (Å²) in [6.45, 7) is 2.95. The summed E-state index contributed by atoms with van der Waals surface area (Å²) in [5.74, 6) is 0.292. The van der Waals surface area contributed by atoms with Crippen LogP contribution in [0.5, 0.6) is 0 Å². The number of carbonyl (C=O) groups excluding carboxylic acids is 1. The van der Waals surface area contributed by atoms with E-state index in [1.165, 1.54) is 0 Å². The van der Waals surface area contributed by atoms with Crippen LogP contribution >= 0.6 is 0 Å². The van der Waals surface area contributed by atoms with Crippen molar-refractivity contribution in [2.24, 2.45) is 11.7 Å². The number of unbranched alkanes of at least 4 members (excludes halogenated alkanes) is 1. The number of nitriles is 1. The zero-order valence-electron chi connectivity index (χ0n) is 10.9. The van der Waals surface area contributed by atoms with Crippen LogP contribution in [0, 0.1) is 17.2 Å². The van der Waals surface area contributed by atoms with Crippen LogP contribution in [0.1, 0.15) is 45.4 Å². The second-order valence-electron chi connectivity index (χ2n) is 5.16. The standard InChI is InChI=1S/C13H23N3O/c1-3-4-9-16(2)12(17)11-5-7-13(15,10-14)8-6-11/h11H,3-9,15H2,1-2H3. The van der Waals surface area contributed by atoms with E-state index in [4.69, 9.17) is 11.0 Å². The predicted octanol–water partition coefficient (Wildman–Crippen LogP) is 1.66. The van der Waals surface area contributed by atoms with Crippen LogP contribution in [0.2, 0.25) is 0 Å². The lowest BCUT2D eigenvalue weighted by Crippen LogP contribution is -2.45. The molecule has 0 saturated heterocycles. The minimum Gasteiger partial charge on any atom is -0.346 e. The lowest BCUT2D eigenvalue weighted by atomic mass is 9.77. The van der Waals surface area contributed by atoms with Crippen molar-refractivity contribution in [3.63, 3.8) is 0 Å². The fourth-order valence-electron chi connectivity index (χ4n) is 2.31. The predicted molar refractivity (Wildman–Crippen MR) is 67.0 cm³/mol. The third-order valence-corrected chi connectivity index (χ3v) is 3.67. The van der Waals surface area contributed by atoms with Gasteiger partial charge in [-0.05, 0) is 32.1 Å². The first-order valence-electron chi connectivity index (χ1n) is 6.47. The highest BCUT2D eigenvalue weighted by atomic mass is 16.2. The molecule has 1 amide bonds. The maximum atomic E-state index is 12.1. The molecule has 0 radical (unpaired) electrons.